The summed E-state index contributed by atoms with van der Waals surface area (Å²) in [5, 5.41) is 19.3. The van der Waals surface area contributed by atoms with Crippen LogP contribution in [-0.2, 0) is 83.6 Å². The molecular weight excluding hydrogens is 1000 g/mol. The van der Waals surface area contributed by atoms with E-state index in [9.17, 15) is 33.6 Å². The molecule has 5 rings (SSSR count). The molecule has 0 aromatic heterocycles. The third-order valence-electron chi connectivity index (χ3n) is 9.48. The number of ether oxygens (including phenoxy) is 5. The molecule has 4 saturated carbocycles. The molecule has 71 heavy (non-hydrogen) atoms. The standard InChI is InChI=1S/C22H28N2O5.C17H18NO4.C13H18NO4.2Fe/c1-22(2,3)29-21(27)24-17(13-15-9-5-6-10-15)19(25)23-18(20(26)28-4)14-16-11-7-8-12-16;1-21-16(19)15(11-13-7-5-6-8-13)18-17(20)22-12-14-9-3-2-4-10-14;1-13(2,3)18-12(17)14-10(11(15)16)8-9-6-4-5-7-9;;/h5-12,17-18H,13-14H2,1-4H3,(H,23,25)(H,24,27);2-10,15H,11-12H2,1H3,(H,18,20);4-7,10H,8H2,1-3H3,(H,14,17)(H,15,16);;/q;;;2*+2/t17-,18-;15-;10-;;/m000../s1. The van der Waals surface area contributed by atoms with Crippen molar-refractivity contribution in [1.29, 1.82) is 0 Å². The number of nitrogens with one attached hydrogen (secondary N) is 4. The largest absolute Gasteiger partial charge is 2.00 e. The first-order valence-electron chi connectivity index (χ1n) is 22.1. The van der Waals surface area contributed by atoms with Gasteiger partial charge in [-0.1, -0.05) is 30.3 Å². The molecule has 4 aliphatic rings. The number of carboxylic acids is 1. The van der Waals surface area contributed by atoms with Crippen molar-refractivity contribution in [1.82, 2.24) is 21.3 Å². The minimum atomic E-state index is -1.08. The summed E-state index contributed by atoms with van der Waals surface area (Å²) in [4.78, 5) is 83.5. The number of esters is 2. The van der Waals surface area contributed by atoms with Crippen molar-refractivity contribution >= 4 is 42.1 Å². The van der Waals surface area contributed by atoms with E-state index in [2.05, 4.69) is 21.3 Å². The Morgan fingerprint density at radius 2 is 0.803 bits per heavy atom. The van der Waals surface area contributed by atoms with E-state index in [4.69, 9.17) is 28.8 Å². The monoisotopic (exact) mass is 1060 g/mol. The second kappa shape index (κ2) is 33.6. The number of alkyl carbamates (subject to hydrolysis) is 3. The molecule has 1 aromatic carbocycles. The number of rotatable bonds is 18. The summed E-state index contributed by atoms with van der Waals surface area (Å²) in [5.74, 6) is 0.959. The number of carboxylic acid groups (broad SMARTS) is 1. The van der Waals surface area contributed by atoms with E-state index in [0.717, 1.165) is 29.2 Å². The quantitative estimate of drug-likeness (QED) is 0.0633. The minimum absolute atomic E-state index is 0. The van der Waals surface area contributed by atoms with Crippen LogP contribution in [0.3, 0.4) is 0 Å². The number of benzene rings is 1. The van der Waals surface area contributed by atoms with Crippen molar-refractivity contribution in [2.45, 2.75) is 109 Å². The van der Waals surface area contributed by atoms with E-state index in [0.29, 0.717) is 12.8 Å². The molecule has 4 aliphatic carbocycles. The number of carbonyl (C=O) groups is 7. The fraction of sp³-hybridized carbons (Fsp3) is 0.365. The third kappa shape index (κ3) is 27.5. The summed E-state index contributed by atoms with van der Waals surface area (Å²) in [6.45, 7) is 10.5. The first-order chi connectivity index (χ1) is 32.6. The minimum Gasteiger partial charge on any atom is -0.480 e. The van der Waals surface area contributed by atoms with Gasteiger partial charge >= 0.3 is 70.3 Å². The predicted molar refractivity (Wildman–Crippen MR) is 254 cm³/mol. The van der Waals surface area contributed by atoms with Crippen LogP contribution in [0.15, 0.2) is 30.3 Å². The van der Waals surface area contributed by atoms with Gasteiger partial charge in [-0.05, 0) is 199 Å². The van der Waals surface area contributed by atoms with Gasteiger partial charge in [-0.2, -0.15) is 0 Å². The fourth-order valence-corrected chi connectivity index (χ4v) is 6.30. The van der Waals surface area contributed by atoms with Crippen LogP contribution >= 0.6 is 0 Å². The number of methoxy groups -OCH3 is 2. The SMILES string of the molecule is CC(C)(C)OC(=O)N[C@@H](C[C]1[CH][CH][CH][CH]1)C(=O)O.COC(=O)[C@H](C[C]1[CH][CH][CH][CH]1)NC(=O)OCc1ccccc1.COC(=O)[C@H](C[C]1[CH][CH][CH][CH]1)NC(=O)[C@H](C[C]1[CH][CH][CH][CH]1)NC(=O)OC(C)(C)C.[Fe+2].[Fe+2]. The summed E-state index contributed by atoms with van der Waals surface area (Å²) < 4.78 is 25.0. The number of hydrogen-bond acceptors (Lipinski definition) is 12. The van der Waals surface area contributed by atoms with Gasteiger partial charge in [0.05, 0.1) is 14.2 Å². The summed E-state index contributed by atoms with van der Waals surface area (Å²) in [6, 6.07) is 5.81. The Morgan fingerprint density at radius 1 is 0.479 bits per heavy atom. The maximum Gasteiger partial charge on any atom is 2.00 e. The van der Waals surface area contributed by atoms with Gasteiger partial charge in [-0.3, -0.25) is 4.79 Å². The fourth-order valence-electron chi connectivity index (χ4n) is 6.30. The molecule has 382 valence electrons. The Balaban J connectivity index is 0.000000541. The van der Waals surface area contributed by atoms with E-state index in [1.54, 1.807) is 41.5 Å². The first kappa shape index (κ1) is 65.0. The van der Waals surface area contributed by atoms with E-state index in [1.165, 1.54) is 14.2 Å². The van der Waals surface area contributed by atoms with E-state index in [1.807, 2.05) is 133 Å². The van der Waals surface area contributed by atoms with Gasteiger partial charge in [0.15, 0.2) is 0 Å². The van der Waals surface area contributed by atoms with Gasteiger partial charge in [0, 0.05) is 0 Å². The normalized spacial score (nSPS) is 17.9. The first-order valence-corrected chi connectivity index (χ1v) is 22.1. The van der Waals surface area contributed by atoms with Crippen molar-refractivity contribution in [3.63, 3.8) is 0 Å². The molecule has 1 aromatic rings. The number of hydrogen-bond donors (Lipinski definition) is 5. The maximum absolute atomic E-state index is 12.9. The second-order valence-electron chi connectivity index (χ2n) is 17.6. The summed E-state index contributed by atoms with van der Waals surface area (Å²) in [7, 11) is 2.56. The second-order valence-corrected chi connectivity index (χ2v) is 17.6. The van der Waals surface area contributed by atoms with Crippen LogP contribution in [0.4, 0.5) is 14.4 Å². The Kier molecular flexibility index (Phi) is 30.8. The van der Waals surface area contributed by atoms with E-state index >= 15 is 0 Å². The topological polar surface area (TPSA) is 234 Å². The van der Waals surface area contributed by atoms with Crippen LogP contribution in [0.25, 0.3) is 0 Å². The van der Waals surface area contributed by atoms with Gasteiger partial charge in [-0.25, -0.2) is 28.8 Å². The molecule has 19 heteroatoms. The Bertz CT molecular complexity index is 1750. The van der Waals surface area contributed by atoms with Gasteiger partial charge in [-0.15, -0.1) is 0 Å². The van der Waals surface area contributed by atoms with Crippen molar-refractivity contribution in [2.75, 3.05) is 14.2 Å². The van der Waals surface area contributed by atoms with Crippen LogP contribution in [0, 0.1) is 126 Å². The Morgan fingerprint density at radius 3 is 1.15 bits per heavy atom. The molecule has 4 fully saturated rings. The average molecular weight is 1060 g/mol. The molecule has 4 amide bonds. The summed E-state index contributed by atoms with van der Waals surface area (Å²) in [5.41, 5.74) is -0.464. The van der Waals surface area contributed by atoms with Gasteiger partial charge in [0.1, 0.15) is 42.0 Å². The van der Waals surface area contributed by atoms with Crippen molar-refractivity contribution < 1.29 is 96.5 Å². The molecule has 4 atom stereocenters. The molecule has 17 nitrogen and oxygen atoms in total. The molecule has 20 radical (unpaired) electrons. The van der Waals surface area contributed by atoms with Crippen LogP contribution in [0.1, 0.15) is 72.8 Å². The van der Waals surface area contributed by atoms with Crippen LogP contribution in [-0.4, -0.2) is 96.8 Å². The molecule has 5 N–H and O–H groups in total. The van der Waals surface area contributed by atoms with Crippen molar-refractivity contribution in [3.05, 3.63) is 162 Å². The van der Waals surface area contributed by atoms with E-state index < -0.39 is 77.5 Å². The molecular formula is C52H64Fe2N4O13+4. The maximum atomic E-state index is 12.9. The summed E-state index contributed by atoms with van der Waals surface area (Å²) >= 11 is 0. The number of amides is 4. The van der Waals surface area contributed by atoms with Crippen molar-refractivity contribution in [2.24, 2.45) is 0 Å². The van der Waals surface area contributed by atoms with Gasteiger partial charge in [0.25, 0.3) is 0 Å². The Labute approximate surface area is 443 Å². The molecule has 0 unspecified atom stereocenters. The Hall–Kier alpha value is -4.05. The average Bonchev–Trinajstić information content (AvgIpc) is 4.15. The third-order valence-corrected chi connectivity index (χ3v) is 9.48. The molecule has 0 spiro atoms. The smallest absolute Gasteiger partial charge is 0.480 e. The molecule has 0 aliphatic heterocycles. The van der Waals surface area contributed by atoms with Gasteiger partial charge < -0.3 is 50.1 Å². The molecule has 0 bridgehead atoms. The predicted octanol–water partition coefficient (Wildman–Crippen LogP) is 6.13. The molecule has 0 saturated heterocycles. The van der Waals surface area contributed by atoms with Crippen LogP contribution in [0.5, 0.6) is 0 Å². The zero-order chi connectivity index (χ0) is 51.0. The molecule has 0 heterocycles. The van der Waals surface area contributed by atoms with Crippen LogP contribution < -0.4 is 21.3 Å². The zero-order valence-electron chi connectivity index (χ0n) is 41.0. The van der Waals surface area contributed by atoms with Crippen LogP contribution in [0.2, 0.25) is 0 Å². The summed E-state index contributed by atoms with van der Waals surface area (Å²) in [6.07, 6.45) is 28.7. The van der Waals surface area contributed by atoms with Crippen molar-refractivity contribution in [3.8, 4) is 0 Å². The number of carbonyl (C=O) groups excluding carboxylic acids is 6. The van der Waals surface area contributed by atoms with Gasteiger partial charge in [0.2, 0.25) is 5.91 Å². The number of aliphatic carboxylic acids is 1. The van der Waals surface area contributed by atoms with E-state index in [-0.39, 0.29) is 53.6 Å². The zero-order valence-corrected chi connectivity index (χ0v) is 43.2.